The number of benzene rings is 1. The van der Waals surface area contributed by atoms with Gasteiger partial charge in [-0.2, -0.15) is 0 Å². The van der Waals surface area contributed by atoms with Gasteiger partial charge in [-0.3, -0.25) is 0 Å². The molecular weight excluding hydrogens is 321 g/mol. The van der Waals surface area contributed by atoms with Gasteiger partial charge in [0.05, 0.1) is 6.04 Å². The van der Waals surface area contributed by atoms with Gasteiger partial charge in [-0.1, -0.05) is 12.1 Å². The van der Waals surface area contributed by atoms with Gasteiger partial charge < -0.3 is 15.2 Å². The lowest BCUT2D eigenvalue weighted by atomic mass is 10.1. The first-order valence-corrected chi connectivity index (χ1v) is 8.86. The summed E-state index contributed by atoms with van der Waals surface area (Å²) >= 11 is 0. The van der Waals surface area contributed by atoms with Crippen molar-refractivity contribution >= 4 is 6.03 Å². The molecule has 25 heavy (non-hydrogen) atoms. The average molecular weight is 343 g/mol. The fourth-order valence-electron chi connectivity index (χ4n) is 3.56. The number of amides is 2. The Kier molecular flexibility index (Phi) is 4.15. The van der Waals surface area contributed by atoms with Crippen molar-refractivity contribution in [2.75, 3.05) is 0 Å². The predicted molar refractivity (Wildman–Crippen MR) is 90.6 cm³/mol. The van der Waals surface area contributed by atoms with Gasteiger partial charge in [0.25, 0.3) is 0 Å². The first-order chi connectivity index (χ1) is 12.1. The summed E-state index contributed by atoms with van der Waals surface area (Å²) < 4.78 is 15.1. The molecule has 1 aliphatic carbocycles. The van der Waals surface area contributed by atoms with E-state index in [4.69, 9.17) is 0 Å². The number of hydrogen-bond acceptors (Lipinski definition) is 3. The van der Waals surface area contributed by atoms with Gasteiger partial charge in [-0.05, 0) is 43.9 Å². The SMILES string of the molecule is C[C@@H](NC(=O)N[C@@H]1C[C@H]1c1ccc(F)cc1)c1nnc2n1CCCC2. The summed E-state index contributed by atoms with van der Waals surface area (Å²) in [5, 5.41) is 14.4. The molecule has 2 aliphatic rings. The van der Waals surface area contributed by atoms with E-state index in [1.54, 1.807) is 12.1 Å². The number of carbonyl (C=O) groups is 1. The van der Waals surface area contributed by atoms with E-state index < -0.39 is 0 Å². The maximum Gasteiger partial charge on any atom is 0.315 e. The van der Waals surface area contributed by atoms with Crippen molar-refractivity contribution in [1.82, 2.24) is 25.4 Å². The van der Waals surface area contributed by atoms with Gasteiger partial charge in [-0.25, -0.2) is 9.18 Å². The zero-order valence-electron chi connectivity index (χ0n) is 14.2. The monoisotopic (exact) mass is 343 g/mol. The molecule has 2 aromatic rings. The second-order valence-corrected chi connectivity index (χ2v) is 6.92. The summed E-state index contributed by atoms with van der Waals surface area (Å²) in [5.41, 5.74) is 1.06. The van der Waals surface area contributed by atoms with Crippen LogP contribution in [0.2, 0.25) is 0 Å². The lowest BCUT2D eigenvalue weighted by molar-refractivity contribution is 0.236. The van der Waals surface area contributed by atoms with Crippen LogP contribution in [-0.4, -0.2) is 26.8 Å². The van der Waals surface area contributed by atoms with Gasteiger partial charge in [0.2, 0.25) is 0 Å². The van der Waals surface area contributed by atoms with Crippen LogP contribution in [0.15, 0.2) is 24.3 Å². The van der Waals surface area contributed by atoms with Crippen LogP contribution >= 0.6 is 0 Å². The number of carbonyl (C=O) groups excluding carboxylic acids is 1. The summed E-state index contributed by atoms with van der Waals surface area (Å²) in [4.78, 5) is 12.3. The zero-order chi connectivity index (χ0) is 17.4. The lowest BCUT2D eigenvalue weighted by Gasteiger charge is -2.19. The third kappa shape index (κ3) is 3.36. The smallest absolute Gasteiger partial charge is 0.315 e. The molecule has 0 saturated heterocycles. The minimum Gasteiger partial charge on any atom is -0.335 e. The number of nitrogens with zero attached hydrogens (tertiary/aromatic N) is 3. The molecule has 0 spiro atoms. The van der Waals surface area contributed by atoms with Gasteiger partial charge >= 0.3 is 6.03 Å². The van der Waals surface area contributed by atoms with Crippen molar-refractivity contribution in [2.24, 2.45) is 0 Å². The van der Waals surface area contributed by atoms with E-state index in [0.717, 1.165) is 49.4 Å². The highest BCUT2D eigenvalue weighted by atomic mass is 19.1. The number of fused-ring (bicyclic) bond motifs is 1. The highest BCUT2D eigenvalue weighted by Gasteiger charge is 2.39. The Balaban J connectivity index is 1.32. The quantitative estimate of drug-likeness (QED) is 0.896. The number of rotatable bonds is 4. The molecular formula is C18H22FN5O. The normalized spacial score (nSPS) is 22.8. The third-order valence-electron chi connectivity index (χ3n) is 5.03. The van der Waals surface area contributed by atoms with Gasteiger partial charge in [0.1, 0.15) is 11.6 Å². The molecule has 1 aromatic carbocycles. The summed E-state index contributed by atoms with van der Waals surface area (Å²) in [6, 6.07) is 6.19. The Labute approximate surface area is 145 Å². The first kappa shape index (κ1) is 16.1. The molecule has 3 atom stereocenters. The average Bonchev–Trinajstić information content (AvgIpc) is 3.21. The number of nitrogens with one attached hydrogen (secondary N) is 2. The number of urea groups is 1. The van der Waals surface area contributed by atoms with E-state index in [1.807, 2.05) is 6.92 Å². The molecule has 1 fully saturated rings. The minimum absolute atomic E-state index is 0.102. The predicted octanol–water partition coefficient (Wildman–Crippen LogP) is 2.67. The molecule has 1 aromatic heterocycles. The van der Waals surface area contributed by atoms with Crippen molar-refractivity contribution in [3.63, 3.8) is 0 Å². The van der Waals surface area contributed by atoms with Crippen molar-refractivity contribution in [3.8, 4) is 0 Å². The third-order valence-corrected chi connectivity index (χ3v) is 5.03. The summed E-state index contributed by atoms with van der Waals surface area (Å²) in [6.07, 6.45) is 4.10. The number of halogens is 1. The topological polar surface area (TPSA) is 71.8 Å². The second kappa shape index (κ2) is 6.46. The molecule has 1 saturated carbocycles. The van der Waals surface area contributed by atoms with Crippen LogP contribution in [-0.2, 0) is 13.0 Å². The largest absolute Gasteiger partial charge is 0.335 e. The molecule has 4 rings (SSSR count). The molecule has 7 heteroatoms. The maximum absolute atomic E-state index is 13.0. The Morgan fingerprint density at radius 1 is 1.28 bits per heavy atom. The standard InChI is InChI=1S/C18H22FN5O/c1-11(17-23-22-16-4-2-3-9-24(16)17)20-18(25)21-15-10-14(15)12-5-7-13(19)8-6-12/h5-8,11,14-15H,2-4,9-10H2,1H3,(H2,20,21,25)/t11-,14+,15-/m1/s1. The van der Waals surface area contributed by atoms with Gasteiger partial charge in [0.15, 0.2) is 5.82 Å². The van der Waals surface area contributed by atoms with Crippen LogP contribution in [0.5, 0.6) is 0 Å². The molecule has 132 valence electrons. The van der Waals surface area contributed by atoms with Gasteiger partial charge in [-0.15, -0.1) is 10.2 Å². The van der Waals surface area contributed by atoms with E-state index >= 15 is 0 Å². The Morgan fingerprint density at radius 2 is 2.08 bits per heavy atom. The van der Waals surface area contributed by atoms with Crippen LogP contribution in [0.4, 0.5) is 9.18 Å². The summed E-state index contributed by atoms with van der Waals surface area (Å²) in [6.45, 7) is 2.84. The van der Waals surface area contributed by atoms with E-state index in [0.29, 0.717) is 0 Å². The summed E-state index contributed by atoms with van der Waals surface area (Å²) in [7, 11) is 0. The van der Waals surface area contributed by atoms with Crippen molar-refractivity contribution < 1.29 is 9.18 Å². The fourth-order valence-corrected chi connectivity index (χ4v) is 3.56. The van der Waals surface area contributed by atoms with Crippen molar-refractivity contribution in [2.45, 2.75) is 57.2 Å². The van der Waals surface area contributed by atoms with E-state index in [1.165, 1.54) is 12.1 Å². The van der Waals surface area contributed by atoms with Crippen molar-refractivity contribution in [3.05, 3.63) is 47.3 Å². The Bertz CT molecular complexity index is 772. The van der Waals surface area contributed by atoms with Crippen LogP contribution in [0.25, 0.3) is 0 Å². The van der Waals surface area contributed by atoms with Crippen LogP contribution in [0, 0.1) is 5.82 Å². The highest BCUT2D eigenvalue weighted by Crippen LogP contribution is 2.40. The molecule has 1 aliphatic heterocycles. The van der Waals surface area contributed by atoms with Gasteiger partial charge in [0, 0.05) is 24.9 Å². The maximum atomic E-state index is 13.0. The lowest BCUT2D eigenvalue weighted by Crippen LogP contribution is -2.39. The zero-order valence-corrected chi connectivity index (χ0v) is 14.2. The number of aryl methyl sites for hydroxylation is 1. The second-order valence-electron chi connectivity index (χ2n) is 6.92. The number of hydrogen-bond donors (Lipinski definition) is 2. The van der Waals surface area contributed by atoms with Crippen LogP contribution in [0.1, 0.15) is 55.4 Å². The molecule has 2 amide bonds. The van der Waals surface area contributed by atoms with E-state index in [9.17, 15) is 9.18 Å². The van der Waals surface area contributed by atoms with Crippen LogP contribution < -0.4 is 10.6 Å². The molecule has 0 unspecified atom stereocenters. The Hall–Kier alpha value is -2.44. The fraction of sp³-hybridized carbons (Fsp3) is 0.500. The molecule has 2 N–H and O–H groups in total. The van der Waals surface area contributed by atoms with E-state index in [-0.39, 0.29) is 29.8 Å². The molecule has 0 radical (unpaired) electrons. The van der Waals surface area contributed by atoms with Crippen molar-refractivity contribution in [1.29, 1.82) is 0 Å². The summed E-state index contributed by atoms with van der Waals surface area (Å²) in [5.74, 6) is 1.85. The molecule has 2 heterocycles. The number of aromatic nitrogens is 3. The Morgan fingerprint density at radius 3 is 2.88 bits per heavy atom. The van der Waals surface area contributed by atoms with Crippen LogP contribution in [0.3, 0.4) is 0 Å². The highest BCUT2D eigenvalue weighted by molar-refractivity contribution is 5.75. The molecule has 6 nitrogen and oxygen atoms in total. The van der Waals surface area contributed by atoms with E-state index in [2.05, 4.69) is 25.4 Å². The minimum atomic E-state index is -0.239. The first-order valence-electron chi connectivity index (χ1n) is 8.86. The molecule has 0 bridgehead atoms.